The molecule has 2 bridgehead atoms. The summed E-state index contributed by atoms with van der Waals surface area (Å²) in [7, 11) is 0. The first kappa shape index (κ1) is 10.7. The molecule has 17 heavy (non-hydrogen) atoms. The van der Waals surface area contributed by atoms with Crippen molar-refractivity contribution in [3.05, 3.63) is 34.5 Å². The van der Waals surface area contributed by atoms with Crippen molar-refractivity contribution < 1.29 is 4.79 Å². The lowest BCUT2D eigenvalue weighted by atomic mass is 9.95. The van der Waals surface area contributed by atoms with E-state index in [1.807, 2.05) is 17.7 Å². The predicted octanol–water partition coefficient (Wildman–Crippen LogP) is 2.68. The first-order valence-electron chi connectivity index (χ1n) is 5.88. The molecule has 2 aliphatic rings. The van der Waals surface area contributed by atoms with Crippen LogP contribution in [0, 0.1) is 17.8 Å². The van der Waals surface area contributed by atoms with Gasteiger partial charge in [-0.05, 0) is 36.1 Å². The molecule has 1 saturated carbocycles. The third-order valence-electron chi connectivity index (χ3n) is 3.51. The topological polar surface area (TPSA) is 41.5 Å². The van der Waals surface area contributed by atoms with Gasteiger partial charge in [0.2, 0.25) is 0 Å². The van der Waals surface area contributed by atoms with E-state index in [9.17, 15) is 4.79 Å². The molecule has 1 aromatic rings. The second-order valence-corrected chi connectivity index (χ2v) is 5.59. The first-order valence-corrected chi connectivity index (χ1v) is 6.76. The van der Waals surface area contributed by atoms with E-state index in [0.29, 0.717) is 16.7 Å². The molecule has 0 aromatic carbocycles. The van der Waals surface area contributed by atoms with Crippen molar-refractivity contribution in [2.75, 3.05) is 0 Å². The highest BCUT2D eigenvalue weighted by Crippen LogP contribution is 2.42. The lowest BCUT2D eigenvalue weighted by molar-refractivity contribution is 0.0959. The number of amides is 1. The Morgan fingerprint density at radius 1 is 1.47 bits per heavy atom. The Kier molecular flexibility index (Phi) is 2.81. The van der Waals surface area contributed by atoms with Crippen molar-refractivity contribution in [1.29, 1.82) is 0 Å². The molecule has 1 aromatic heterocycles. The zero-order valence-corrected chi connectivity index (χ0v) is 10.2. The lowest BCUT2D eigenvalue weighted by Crippen LogP contribution is -2.18. The van der Waals surface area contributed by atoms with E-state index in [1.54, 1.807) is 6.07 Å². The van der Waals surface area contributed by atoms with Crippen molar-refractivity contribution in [2.24, 2.45) is 22.9 Å². The van der Waals surface area contributed by atoms with Gasteiger partial charge in [0.25, 0.3) is 5.91 Å². The summed E-state index contributed by atoms with van der Waals surface area (Å²) >= 11 is 1.43. The SMILES string of the molecule is O=C(N/N=C/C1CC2C=CC1C2)c1cccs1. The molecule has 2 aliphatic carbocycles. The number of nitrogens with one attached hydrogen (secondary N) is 1. The zero-order valence-electron chi connectivity index (χ0n) is 9.37. The standard InChI is InChI=1S/C13H14N2OS/c16-13(12-2-1-5-17-12)15-14-8-11-7-9-3-4-10(11)6-9/h1-5,8-11H,6-7H2,(H,15,16)/b14-8+. The summed E-state index contributed by atoms with van der Waals surface area (Å²) in [6.07, 6.45) is 8.93. The van der Waals surface area contributed by atoms with Gasteiger partial charge < -0.3 is 0 Å². The van der Waals surface area contributed by atoms with E-state index >= 15 is 0 Å². The molecule has 1 fully saturated rings. The molecular formula is C13H14N2OS. The number of nitrogens with zero attached hydrogens (tertiary/aromatic N) is 1. The summed E-state index contributed by atoms with van der Waals surface area (Å²) in [5, 5.41) is 5.96. The summed E-state index contributed by atoms with van der Waals surface area (Å²) in [5.41, 5.74) is 2.59. The number of hydrogen-bond acceptors (Lipinski definition) is 3. The fourth-order valence-corrected chi connectivity index (χ4v) is 3.26. The number of hydrogen-bond donors (Lipinski definition) is 1. The van der Waals surface area contributed by atoms with Crippen LogP contribution in [-0.2, 0) is 0 Å². The molecule has 4 heteroatoms. The number of carbonyl (C=O) groups is 1. The molecule has 0 radical (unpaired) electrons. The summed E-state index contributed by atoms with van der Waals surface area (Å²) < 4.78 is 0. The third kappa shape index (κ3) is 2.17. The van der Waals surface area contributed by atoms with Gasteiger partial charge in [0, 0.05) is 12.1 Å². The molecule has 3 nitrogen and oxygen atoms in total. The fourth-order valence-electron chi connectivity index (χ4n) is 2.65. The summed E-state index contributed by atoms with van der Waals surface area (Å²) in [6.45, 7) is 0. The van der Waals surface area contributed by atoms with Crippen LogP contribution in [0.1, 0.15) is 22.5 Å². The Bertz CT molecular complexity index is 464. The van der Waals surface area contributed by atoms with Gasteiger partial charge in [-0.3, -0.25) is 4.79 Å². The highest BCUT2D eigenvalue weighted by molar-refractivity contribution is 7.12. The molecule has 0 saturated heterocycles. The Hall–Kier alpha value is -1.42. The Balaban J connectivity index is 1.55. The van der Waals surface area contributed by atoms with Gasteiger partial charge in [0.05, 0.1) is 4.88 Å². The minimum absolute atomic E-state index is 0.116. The summed E-state index contributed by atoms with van der Waals surface area (Å²) in [5.74, 6) is 1.77. The van der Waals surface area contributed by atoms with Crippen LogP contribution in [0.15, 0.2) is 34.8 Å². The predicted molar refractivity (Wildman–Crippen MR) is 69.1 cm³/mol. The van der Waals surface area contributed by atoms with Gasteiger partial charge in [-0.1, -0.05) is 18.2 Å². The van der Waals surface area contributed by atoms with Crippen LogP contribution in [0.5, 0.6) is 0 Å². The van der Waals surface area contributed by atoms with Gasteiger partial charge in [-0.2, -0.15) is 5.10 Å². The van der Waals surface area contributed by atoms with Crippen LogP contribution < -0.4 is 5.43 Å². The van der Waals surface area contributed by atoms with E-state index in [-0.39, 0.29) is 5.91 Å². The average Bonchev–Trinajstić information content (AvgIpc) is 3.06. The van der Waals surface area contributed by atoms with Gasteiger partial charge in [-0.25, -0.2) is 5.43 Å². The van der Waals surface area contributed by atoms with Crippen LogP contribution in [0.3, 0.4) is 0 Å². The molecule has 1 heterocycles. The maximum Gasteiger partial charge on any atom is 0.281 e. The van der Waals surface area contributed by atoms with Crippen molar-refractivity contribution in [3.8, 4) is 0 Å². The van der Waals surface area contributed by atoms with E-state index < -0.39 is 0 Å². The quantitative estimate of drug-likeness (QED) is 0.497. The molecule has 3 unspecified atom stereocenters. The monoisotopic (exact) mass is 246 g/mol. The molecule has 88 valence electrons. The lowest BCUT2D eigenvalue weighted by Gasteiger charge is -2.11. The largest absolute Gasteiger partial charge is 0.281 e. The molecule has 1 N–H and O–H groups in total. The number of rotatable bonds is 3. The second kappa shape index (κ2) is 4.45. The minimum Gasteiger partial charge on any atom is -0.266 e. The van der Waals surface area contributed by atoms with Gasteiger partial charge in [0.1, 0.15) is 0 Å². The fraction of sp³-hybridized carbons (Fsp3) is 0.385. The first-order chi connectivity index (χ1) is 8.33. The number of fused-ring (bicyclic) bond motifs is 2. The van der Waals surface area contributed by atoms with E-state index in [2.05, 4.69) is 22.7 Å². The van der Waals surface area contributed by atoms with Gasteiger partial charge in [-0.15, -0.1) is 11.3 Å². The average molecular weight is 246 g/mol. The van der Waals surface area contributed by atoms with Crippen LogP contribution in [0.4, 0.5) is 0 Å². The van der Waals surface area contributed by atoms with Crippen molar-refractivity contribution in [2.45, 2.75) is 12.8 Å². The number of thiophene rings is 1. The normalized spacial score (nSPS) is 30.2. The molecule has 3 rings (SSSR count). The molecule has 3 atom stereocenters. The number of hydrazone groups is 1. The molecule has 0 aliphatic heterocycles. The van der Waals surface area contributed by atoms with Gasteiger partial charge >= 0.3 is 0 Å². The van der Waals surface area contributed by atoms with Crippen molar-refractivity contribution in [3.63, 3.8) is 0 Å². The van der Waals surface area contributed by atoms with Gasteiger partial charge in [0.15, 0.2) is 0 Å². The molecular weight excluding hydrogens is 232 g/mol. The summed E-state index contributed by atoms with van der Waals surface area (Å²) in [6, 6.07) is 3.67. The Labute approximate surface area is 104 Å². The maximum absolute atomic E-state index is 11.6. The molecule has 1 amide bonds. The molecule has 0 spiro atoms. The zero-order chi connectivity index (χ0) is 11.7. The smallest absolute Gasteiger partial charge is 0.266 e. The summed E-state index contributed by atoms with van der Waals surface area (Å²) in [4.78, 5) is 12.3. The van der Waals surface area contributed by atoms with E-state index in [0.717, 1.165) is 5.92 Å². The van der Waals surface area contributed by atoms with Crippen LogP contribution in [0.25, 0.3) is 0 Å². The van der Waals surface area contributed by atoms with Crippen LogP contribution >= 0.6 is 11.3 Å². The number of allylic oxidation sites excluding steroid dienone is 2. The van der Waals surface area contributed by atoms with Crippen molar-refractivity contribution >= 4 is 23.5 Å². The highest BCUT2D eigenvalue weighted by Gasteiger charge is 2.34. The Morgan fingerprint density at radius 2 is 2.41 bits per heavy atom. The third-order valence-corrected chi connectivity index (χ3v) is 4.38. The van der Waals surface area contributed by atoms with Crippen molar-refractivity contribution in [1.82, 2.24) is 5.43 Å². The minimum atomic E-state index is -0.116. The highest BCUT2D eigenvalue weighted by atomic mass is 32.1. The van der Waals surface area contributed by atoms with Crippen LogP contribution in [-0.4, -0.2) is 12.1 Å². The second-order valence-electron chi connectivity index (χ2n) is 4.64. The maximum atomic E-state index is 11.6. The van der Waals surface area contributed by atoms with E-state index in [4.69, 9.17) is 0 Å². The van der Waals surface area contributed by atoms with Crippen LogP contribution in [0.2, 0.25) is 0 Å². The Morgan fingerprint density at radius 3 is 3.06 bits per heavy atom. The number of carbonyl (C=O) groups excluding carboxylic acids is 1. The van der Waals surface area contributed by atoms with E-state index in [1.165, 1.54) is 24.2 Å².